The molecule has 0 saturated heterocycles. The van der Waals surface area contributed by atoms with Crippen LogP contribution in [0.25, 0.3) is 0 Å². The van der Waals surface area contributed by atoms with Gasteiger partial charge in [0.25, 0.3) is 8.56 Å². The Morgan fingerprint density at radius 2 is 1.50 bits per heavy atom. The Bertz CT molecular complexity index is 144. The lowest BCUT2D eigenvalue weighted by Gasteiger charge is -2.43. The highest BCUT2D eigenvalue weighted by molar-refractivity contribution is 6.73. The molecule has 0 aliphatic rings. The molecule has 14 heavy (non-hydrogen) atoms. The second kappa shape index (κ2) is 6.56. The number of hydrogen-bond acceptors (Lipinski definition) is 3. The number of rotatable bonds is 7. The highest BCUT2D eigenvalue weighted by Crippen LogP contribution is 2.22. The van der Waals surface area contributed by atoms with Crippen LogP contribution in [0.1, 0.15) is 34.1 Å². The summed E-state index contributed by atoms with van der Waals surface area (Å²) in [7, 11) is 2.54. The molecule has 0 rings (SSSR count). The van der Waals surface area contributed by atoms with E-state index >= 15 is 0 Å². The zero-order valence-electron chi connectivity index (χ0n) is 10.6. The maximum atomic E-state index is 3.57. The predicted molar refractivity (Wildman–Crippen MR) is 66.5 cm³/mol. The Kier molecular flexibility index (Phi) is 6.60. The molecule has 0 spiro atoms. The zero-order chi connectivity index (χ0) is 11.2. The molecule has 0 bridgehead atoms. The molecule has 0 amide bonds. The highest BCUT2D eigenvalue weighted by atomic mass is 28.4. The Morgan fingerprint density at radius 1 is 1.07 bits per heavy atom. The first-order valence-electron chi connectivity index (χ1n) is 5.75. The van der Waals surface area contributed by atoms with Crippen LogP contribution in [0.3, 0.4) is 0 Å². The first-order valence-corrected chi connectivity index (χ1v) is 7.78. The minimum atomic E-state index is -1.64. The SMILES string of the molecule is CCC(C)[Si](NC)(NC)N(CC)CC. The maximum absolute atomic E-state index is 3.57. The van der Waals surface area contributed by atoms with E-state index in [1.54, 1.807) is 0 Å². The smallest absolute Gasteiger partial charge is 0.286 e. The van der Waals surface area contributed by atoms with E-state index in [2.05, 4.69) is 56.3 Å². The molecule has 0 aliphatic heterocycles. The predicted octanol–water partition coefficient (Wildman–Crippen LogP) is 1.51. The fraction of sp³-hybridized carbons (Fsp3) is 1.00. The first-order chi connectivity index (χ1) is 6.62. The van der Waals surface area contributed by atoms with Gasteiger partial charge >= 0.3 is 0 Å². The van der Waals surface area contributed by atoms with Gasteiger partial charge in [-0.15, -0.1) is 0 Å². The topological polar surface area (TPSA) is 27.3 Å². The van der Waals surface area contributed by atoms with Crippen molar-refractivity contribution in [2.24, 2.45) is 0 Å². The van der Waals surface area contributed by atoms with E-state index in [4.69, 9.17) is 0 Å². The fourth-order valence-corrected chi connectivity index (χ4v) is 6.34. The molecule has 0 aliphatic carbocycles. The van der Waals surface area contributed by atoms with Crippen LogP contribution in [-0.2, 0) is 0 Å². The van der Waals surface area contributed by atoms with Crippen LogP contribution in [0.5, 0.6) is 0 Å². The van der Waals surface area contributed by atoms with Crippen LogP contribution < -0.4 is 9.96 Å². The van der Waals surface area contributed by atoms with Crippen molar-refractivity contribution in [3.63, 3.8) is 0 Å². The van der Waals surface area contributed by atoms with Crippen molar-refractivity contribution in [1.82, 2.24) is 14.5 Å². The monoisotopic (exact) mass is 217 g/mol. The third-order valence-electron chi connectivity index (χ3n) is 3.35. The lowest BCUT2D eigenvalue weighted by atomic mass is 10.4. The summed E-state index contributed by atoms with van der Waals surface area (Å²) in [5.41, 5.74) is 0.720. The molecule has 86 valence electrons. The standard InChI is InChI=1S/C10H27N3Si/c1-7-10(4)14(11-5,12-6)13(8-2)9-3/h10-12H,7-9H2,1-6H3. The molecule has 3 nitrogen and oxygen atoms in total. The Labute approximate surface area is 90.5 Å². The van der Waals surface area contributed by atoms with Gasteiger partial charge in [0.15, 0.2) is 0 Å². The molecular formula is C10H27N3Si. The van der Waals surface area contributed by atoms with Gasteiger partial charge in [0, 0.05) is 0 Å². The van der Waals surface area contributed by atoms with Crippen LogP contribution in [0.15, 0.2) is 0 Å². The molecule has 0 aromatic heterocycles. The van der Waals surface area contributed by atoms with Crippen molar-refractivity contribution >= 4 is 8.56 Å². The Morgan fingerprint density at radius 3 is 1.71 bits per heavy atom. The number of nitrogens with zero attached hydrogens (tertiary/aromatic N) is 1. The molecule has 0 radical (unpaired) electrons. The Balaban J connectivity index is 4.83. The normalized spacial score (nSPS) is 14.8. The highest BCUT2D eigenvalue weighted by Gasteiger charge is 2.41. The molecule has 0 fully saturated rings. The van der Waals surface area contributed by atoms with Crippen molar-refractivity contribution in [3.05, 3.63) is 0 Å². The average molecular weight is 217 g/mol. The van der Waals surface area contributed by atoms with Crippen molar-refractivity contribution in [1.29, 1.82) is 0 Å². The van der Waals surface area contributed by atoms with E-state index in [9.17, 15) is 0 Å². The van der Waals surface area contributed by atoms with Gasteiger partial charge in [-0.2, -0.15) is 0 Å². The van der Waals surface area contributed by atoms with Gasteiger partial charge in [0.2, 0.25) is 0 Å². The number of hydrogen-bond donors (Lipinski definition) is 2. The molecule has 0 aromatic rings. The van der Waals surface area contributed by atoms with Crippen LogP contribution >= 0.6 is 0 Å². The molecule has 1 unspecified atom stereocenters. The average Bonchev–Trinajstić information content (AvgIpc) is 2.25. The third kappa shape index (κ3) is 2.57. The lowest BCUT2D eigenvalue weighted by Crippen LogP contribution is -2.73. The Hall–Kier alpha value is 0.0969. The third-order valence-corrected chi connectivity index (χ3v) is 8.34. The van der Waals surface area contributed by atoms with Crippen molar-refractivity contribution in [2.75, 3.05) is 27.2 Å². The van der Waals surface area contributed by atoms with Gasteiger partial charge in [0.1, 0.15) is 0 Å². The molecular weight excluding hydrogens is 190 g/mol. The zero-order valence-corrected chi connectivity index (χ0v) is 11.6. The second-order valence-corrected chi connectivity index (χ2v) is 7.90. The molecule has 0 heterocycles. The van der Waals surface area contributed by atoms with Crippen molar-refractivity contribution < 1.29 is 0 Å². The molecule has 0 aromatic carbocycles. The van der Waals surface area contributed by atoms with Crippen LogP contribution in [-0.4, -0.2) is 40.3 Å². The van der Waals surface area contributed by atoms with E-state index in [1.807, 2.05) is 0 Å². The summed E-state index contributed by atoms with van der Waals surface area (Å²) >= 11 is 0. The summed E-state index contributed by atoms with van der Waals surface area (Å²) in [4.78, 5) is 7.14. The number of nitrogens with one attached hydrogen (secondary N) is 2. The van der Waals surface area contributed by atoms with Gasteiger partial charge < -0.3 is 14.5 Å². The molecule has 4 heteroatoms. The molecule has 2 N–H and O–H groups in total. The van der Waals surface area contributed by atoms with Gasteiger partial charge in [-0.1, -0.05) is 34.1 Å². The summed E-state index contributed by atoms with van der Waals surface area (Å²) in [6, 6.07) is 0. The minimum absolute atomic E-state index is 0.720. The summed E-state index contributed by atoms with van der Waals surface area (Å²) in [5, 5.41) is 0. The second-order valence-electron chi connectivity index (χ2n) is 3.75. The minimum Gasteiger partial charge on any atom is -0.316 e. The van der Waals surface area contributed by atoms with Crippen LogP contribution in [0, 0.1) is 0 Å². The largest absolute Gasteiger partial charge is 0.316 e. The summed E-state index contributed by atoms with van der Waals surface area (Å²) in [6.07, 6.45) is 1.23. The van der Waals surface area contributed by atoms with E-state index in [0.29, 0.717) is 0 Å². The van der Waals surface area contributed by atoms with E-state index in [1.165, 1.54) is 6.42 Å². The van der Waals surface area contributed by atoms with E-state index < -0.39 is 8.56 Å². The van der Waals surface area contributed by atoms with Gasteiger partial charge in [-0.05, 0) is 32.7 Å². The van der Waals surface area contributed by atoms with E-state index in [-0.39, 0.29) is 0 Å². The lowest BCUT2D eigenvalue weighted by molar-refractivity contribution is 0.422. The summed E-state index contributed by atoms with van der Waals surface area (Å²) in [6.45, 7) is 11.3. The van der Waals surface area contributed by atoms with E-state index in [0.717, 1.165) is 18.6 Å². The molecule has 0 saturated carbocycles. The summed E-state index contributed by atoms with van der Waals surface area (Å²) in [5.74, 6) is 0. The maximum Gasteiger partial charge on any atom is 0.286 e. The van der Waals surface area contributed by atoms with Crippen LogP contribution in [0.2, 0.25) is 5.54 Å². The van der Waals surface area contributed by atoms with Crippen molar-refractivity contribution in [2.45, 2.75) is 39.7 Å². The first kappa shape index (κ1) is 14.1. The summed E-state index contributed by atoms with van der Waals surface area (Å²) < 4.78 is 2.57. The van der Waals surface area contributed by atoms with Gasteiger partial charge in [-0.3, -0.25) is 0 Å². The fourth-order valence-electron chi connectivity index (χ4n) is 2.26. The quantitative estimate of drug-likeness (QED) is 0.633. The van der Waals surface area contributed by atoms with Crippen LogP contribution in [0.4, 0.5) is 0 Å². The van der Waals surface area contributed by atoms with Gasteiger partial charge in [-0.25, -0.2) is 0 Å². The van der Waals surface area contributed by atoms with Crippen molar-refractivity contribution in [3.8, 4) is 0 Å². The molecule has 1 atom stereocenters. The van der Waals surface area contributed by atoms with Gasteiger partial charge in [0.05, 0.1) is 0 Å².